The van der Waals surface area contributed by atoms with Gasteiger partial charge in [-0.2, -0.15) is 0 Å². The molecule has 1 aromatic rings. The second-order valence-corrected chi connectivity index (χ2v) is 7.63. The number of amides is 3. The monoisotopic (exact) mass is 479 g/mol. The molecule has 13 heteroatoms. The van der Waals surface area contributed by atoms with Gasteiger partial charge in [-0.3, -0.25) is 19.4 Å². The zero-order valence-corrected chi connectivity index (χ0v) is 18.9. The lowest BCUT2D eigenvalue weighted by atomic mass is 10.0. The smallest absolute Gasteiger partial charge is 0.328 e. The van der Waals surface area contributed by atoms with E-state index >= 15 is 0 Å². The number of aliphatic hydroxyl groups is 1. The van der Waals surface area contributed by atoms with E-state index in [2.05, 4.69) is 20.9 Å². The summed E-state index contributed by atoms with van der Waals surface area (Å²) in [6, 6.07) is 4.08. The lowest BCUT2D eigenvalue weighted by Crippen LogP contribution is -2.57. The van der Waals surface area contributed by atoms with Gasteiger partial charge in [-0.25, -0.2) is 4.79 Å². The predicted molar refractivity (Wildman–Crippen MR) is 124 cm³/mol. The fourth-order valence-corrected chi connectivity index (χ4v) is 2.86. The van der Waals surface area contributed by atoms with Crippen LogP contribution in [0.1, 0.15) is 25.3 Å². The number of carbonyl (C=O) groups is 4. The summed E-state index contributed by atoms with van der Waals surface area (Å²) in [6.45, 7) is 0.839. The van der Waals surface area contributed by atoms with Crippen molar-refractivity contribution >= 4 is 29.7 Å². The van der Waals surface area contributed by atoms with Crippen LogP contribution in [0.25, 0.3) is 0 Å². The lowest BCUT2D eigenvalue weighted by molar-refractivity contribution is -0.143. The molecule has 0 spiro atoms. The van der Waals surface area contributed by atoms with E-state index in [1.54, 1.807) is 30.3 Å². The number of nitrogens with zero attached hydrogens (tertiary/aromatic N) is 1. The zero-order valence-electron chi connectivity index (χ0n) is 18.9. The van der Waals surface area contributed by atoms with Gasteiger partial charge in [0.25, 0.3) is 0 Å². The number of aliphatic hydroxyl groups excluding tert-OH is 1. The summed E-state index contributed by atoms with van der Waals surface area (Å²) in [5.74, 6) is -3.60. The van der Waals surface area contributed by atoms with Gasteiger partial charge in [0.1, 0.15) is 18.1 Å². The maximum atomic E-state index is 13.0. The quantitative estimate of drug-likeness (QED) is 0.0778. The van der Waals surface area contributed by atoms with E-state index in [-0.39, 0.29) is 25.3 Å². The standard InChI is InChI=1S/C21H33N7O6/c1-12(22)17(30)26-14(8-5-9-25-21(23)24)18(31)27-15(10-13-6-3-2-4-7-13)19(32)28-16(11-29)20(33)34/h2-4,6-7,12,14-16,29H,5,8-11,22H2,1H3,(H,26,30)(H,27,31)(H,28,32)(H,33,34)(H4,23,24,25). The average Bonchev–Trinajstić information content (AvgIpc) is 2.78. The highest BCUT2D eigenvalue weighted by Crippen LogP contribution is 2.06. The summed E-state index contributed by atoms with van der Waals surface area (Å²) in [5, 5.41) is 25.6. The Hall–Kier alpha value is -3.71. The number of carbonyl (C=O) groups excluding carboxylic acids is 3. The molecule has 0 aliphatic rings. The Morgan fingerprint density at radius 2 is 1.50 bits per heavy atom. The van der Waals surface area contributed by atoms with Crippen molar-refractivity contribution in [3.63, 3.8) is 0 Å². The van der Waals surface area contributed by atoms with Crippen LogP contribution in [0.4, 0.5) is 0 Å². The van der Waals surface area contributed by atoms with E-state index < -0.39 is 54.5 Å². The van der Waals surface area contributed by atoms with E-state index in [1.165, 1.54) is 6.92 Å². The van der Waals surface area contributed by atoms with E-state index in [0.717, 1.165) is 0 Å². The van der Waals surface area contributed by atoms with Crippen LogP contribution in [0.3, 0.4) is 0 Å². The molecule has 0 aromatic heterocycles. The Bertz CT molecular complexity index is 858. The maximum absolute atomic E-state index is 13.0. The van der Waals surface area contributed by atoms with Crippen LogP contribution in [-0.2, 0) is 25.6 Å². The average molecular weight is 480 g/mol. The third-order valence-corrected chi connectivity index (χ3v) is 4.70. The first-order valence-corrected chi connectivity index (χ1v) is 10.6. The Kier molecular flexibility index (Phi) is 12.0. The van der Waals surface area contributed by atoms with Gasteiger partial charge in [-0.05, 0) is 25.3 Å². The Morgan fingerprint density at radius 3 is 2.03 bits per heavy atom. The van der Waals surface area contributed by atoms with Gasteiger partial charge < -0.3 is 43.4 Å². The van der Waals surface area contributed by atoms with Crippen LogP contribution in [0, 0.1) is 0 Å². The summed E-state index contributed by atoms with van der Waals surface area (Å²) in [7, 11) is 0. The van der Waals surface area contributed by atoms with Crippen LogP contribution >= 0.6 is 0 Å². The molecule has 0 bridgehead atoms. The maximum Gasteiger partial charge on any atom is 0.328 e. The minimum Gasteiger partial charge on any atom is -0.480 e. The Labute approximate surface area is 197 Å². The number of guanidine groups is 1. The van der Waals surface area contributed by atoms with Gasteiger partial charge >= 0.3 is 5.97 Å². The van der Waals surface area contributed by atoms with Crippen LogP contribution < -0.4 is 33.2 Å². The molecule has 13 nitrogen and oxygen atoms in total. The summed E-state index contributed by atoms with van der Waals surface area (Å²) < 4.78 is 0. The first-order valence-electron chi connectivity index (χ1n) is 10.6. The van der Waals surface area contributed by atoms with Crippen molar-refractivity contribution in [2.75, 3.05) is 13.2 Å². The van der Waals surface area contributed by atoms with Gasteiger partial charge in [0.2, 0.25) is 17.7 Å². The summed E-state index contributed by atoms with van der Waals surface area (Å²) in [6.07, 6.45) is 0.531. The number of hydrogen-bond donors (Lipinski definition) is 8. The van der Waals surface area contributed by atoms with Crippen molar-refractivity contribution in [3.8, 4) is 0 Å². The number of carboxylic acids is 1. The molecule has 0 aliphatic heterocycles. The number of carboxylic acid groups (broad SMARTS) is 1. The topological polar surface area (TPSA) is 235 Å². The number of aliphatic carboxylic acids is 1. The van der Waals surface area contributed by atoms with E-state index in [0.29, 0.717) is 12.0 Å². The molecule has 4 unspecified atom stereocenters. The minimum atomic E-state index is -1.55. The second kappa shape index (κ2) is 14.4. The van der Waals surface area contributed by atoms with Crippen LogP contribution in [0.2, 0.25) is 0 Å². The highest BCUT2D eigenvalue weighted by Gasteiger charge is 2.29. The number of nitrogens with two attached hydrogens (primary N) is 3. The third kappa shape index (κ3) is 10.3. The summed E-state index contributed by atoms with van der Waals surface area (Å²) in [5.41, 5.74) is 16.9. The molecule has 1 rings (SSSR count). The van der Waals surface area contributed by atoms with Gasteiger partial charge in [0.05, 0.1) is 12.6 Å². The third-order valence-electron chi connectivity index (χ3n) is 4.70. The molecule has 0 aliphatic carbocycles. The molecule has 34 heavy (non-hydrogen) atoms. The number of hydrogen-bond acceptors (Lipinski definition) is 7. The minimum absolute atomic E-state index is 0.0398. The molecule has 0 saturated carbocycles. The second-order valence-electron chi connectivity index (χ2n) is 7.63. The van der Waals surface area contributed by atoms with Gasteiger partial charge in [-0.1, -0.05) is 30.3 Å². The fourth-order valence-electron chi connectivity index (χ4n) is 2.86. The van der Waals surface area contributed by atoms with Crippen LogP contribution in [0.5, 0.6) is 0 Å². The van der Waals surface area contributed by atoms with Crippen molar-refractivity contribution in [2.24, 2.45) is 22.2 Å². The first kappa shape index (κ1) is 28.3. The molecule has 0 heterocycles. The van der Waals surface area contributed by atoms with Gasteiger partial charge in [-0.15, -0.1) is 0 Å². The summed E-state index contributed by atoms with van der Waals surface area (Å²) in [4.78, 5) is 53.0. The Morgan fingerprint density at radius 1 is 0.941 bits per heavy atom. The van der Waals surface area contributed by atoms with Crippen molar-refractivity contribution in [2.45, 2.75) is 50.4 Å². The number of nitrogens with one attached hydrogen (secondary N) is 3. The largest absolute Gasteiger partial charge is 0.480 e. The van der Waals surface area contributed by atoms with Crippen LogP contribution in [0.15, 0.2) is 35.3 Å². The SMILES string of the molecule is CC(N)C(=O)NC(CCCN=C(N)N)C(=O)NC(Cc1ccccc1)C(=O)NC(CO)C(=O)O. The molecular formula is C21H33N7O6. The molecule has 0 saturated heterocycles. The zero-order chi connectivity index (χ0) is 25.7. The molecular weight excluding hydrogens is 446 g/mol. The van der Waals surface area contributed by atoms with Crippen molar-refractivity contribution in [3.05, 3.63) is 35.9 Å². The predicted octanol–water partition coefficient (Wildman–Crippen LogP) is -2.84. The summed E-state index contributed by atoms with van der Waals surface area (Å²) >= 11 is 0. The van der Waals surface area contributed by atoms with Crippen molar-refractivity contribution in [1.82, 2.24) is 16.0 Å². The lowest BCUT2D eigenvalue weighted by Gasteiger charge is -2.24. The van der Waals surface area contributed by atoms with Crippen molar-refractivity contribution in [1.29, 1.82) is 0 Å². The van der Waals surface area contributed by atoms with E-state index in [9.17, 15) is 24.3 Å². The van der Waals surface area contributed by atoms with Crippen molar-refractivity contribution < 1.29 is 29.4 Å². The van der Waals surface area contributed by atoms with Gasteiger partial charge in [0.15, 0.2) is 5.96 Å². The highest BCUT2D eigenvalue weighted by atomic mass is 16.4. The number of aliphatic imine (C=N–C) groups is 1. The van der Waals surface area contributed by atoms with E-state index in [1.807, 2.05) is 0 Å². The Balaban J connectivity index is 3.05. The highest BCUT2D eigenvalue weighted by molar-refractivity contribution is 5.94. The van der Waals surface area contributed by atoms with E-state index in [4.69, 9.17) is 22.3 Å². The normalized spacial score (nSPS) is 14.1. The molecule has 4 atom stereocenters. The van der Waals surface area contributed by atoms with Crippen LogP contribution in [-0.4, -0.2) is 77.2 Å². The molecule has 0 radical (unpaired) electrons. The fraction of sp³-hybridized carbons (Fsp3) is 0.476. The molecule has 11 N–H and O–H groups in total. The number of benzene rings is 1. The molecule has 3 amide bonds. The molecule has 188 valence electrons. The number of rotatable bonds is 14. The first-order chi connectivity index (χ1) is 16.0. The molecule has 0 fully saturated rings. The molecule has 1 aromatic carbocycles. The van der Waals surface area contributed by atoms with Gasteiger partial charge in [0, 0.05) is 13.0 Å².